The van der Waals surface area contributed by atoms with Crippen molar-refractivity contribution in [3.8, 4) is 11.6 Å². The molecule has 0 fully saturated rings. The van der Waals surface area contributed by atoms with Crippen LogP contribution in [0.2, 0.25) is 5.02 Å². The van der Waals surface area contributed by atoms with Crippen LogP contribution in [0.3, 0.4) is 0 Å². The second-order valence-corrected chi connectivity index (χ2v) is 3.47. The number of hydrogen-bond acceptors (Lipinski definition) is 5. The maximum Gasteiger partial charge on any atom is 0.224 e. The minimum absolute atomic E-state index is 0.0197. The minimum Gasteiger partial charge on any atom is -0.439 e. The number of hydrogen-bond donors (Lipinski definition) is 2. The van der Waals surface area contributed by atoms with Crippen molar-refractivity contribution in [2.45, 2.75) is 0 Å². The minimum atomic E-state index is -0.508. The third-order valence-electron chi connectivity index (χ3n) is 1.90. The first-order valence-electron chi connectivity index (χ1n) is 4.60. The van der Waals surface area contributed by atoms with E-state index in [2.05, 4.69) is 15.4 Å². The molecular weight excluding hydrogens is 247 g/mol. The molecule has 2 rings (SSSR count). The lowest BCUT2D eigenvalue weighted by atomic mass is 10.3. The van der Waals surface area contributed by atoms with Crippen LogP contribution in [0.5, 0.6) is 11.6 Å². The van der Waals surface area contributed by atoms with Crippen molar-refractivity contribution in [2.24, 2.45) is 5.84 Å². The van der Waals surface area contributed by atoms with Crippen molar-refractivity contribution in [3.05, 3.63) is 41.4 Å². The molecule has 0 unspecified atom stereocenters. The van der Waals surface area contributed by atoms with E-state index in [0.29, 0.717) is 11.6 Å². The van der Waals surface area contributed by atoms with Gasteiger partial charge in [0.15, 0.2) is 0 Å². The quantitative estimate of drug-likeness (QED) is 0.650. The van der Waals surface area contributed by atoms with E-state index in [1.807, 2.05) is 0 Å². The molecule has 1 aromatic carbocycles. The fraction of sp³-hybridized carbons (Fsp3) is 0. The molecule has 0 atom stereocenters. The van der Waals surface area contributed by atoms with Crippen molar-refractivity contribution in [3.63, 3.8) is 0 Å². The number of nitrogen functional groups attached to an aromatic ring is 1. The van der Waals surface area contributed by atoms with E-state index in [0.717, 1.165) is 0 Å². The third kappa shape index (κ3) is 2.80. The van der Waals surface area contributed by atoms with Gasteiger partial charge in [-0.05, 0) is 12.1 Å². The fourth-order valence-electron chi connectivity index (χ4n) is 1.14. The van der Waals surface area contributed by atoms with E-state index < -0.39 is 5.82 Å². The first-order chi connectivity index (χ1) is 8.19. The molecule has 0 bridgehead atoms. The van der Waals surface area contributed by atoms with Gasteiger partial charge in [-0.1, -0.05) is 11.6 Å². The van der Waals surface area contributed by atoms with Crippen molar-refractivity contribution in [1.29, 1.82) is 0 Å². The lowest BCUT2D eigenvalue weighted by molar-refractivity contribution is 0.460. The number of nitrogens with two attached hydrogens (primary N) is 1. The van der Waals surface area contributed by atoms with Crippen molar-refractivity contribution >= 4 is 17.4 Å². The van der Waals surface area contributed by atoms with Crippen molar-refractivity contribution in [2.75, 3.05) is 5.43 Å². The van der Waals surface area contributed by atoms with E-state index in [1.165, 1.54) is 30.6 Å². The maximum atomic E-state index is 12.9. The number of benzene rings is 1. The predicted octanol–water partition coefficient (Wildman–Crippen LogP) is 2.35. The zero-order chi connectivity index (χ0) is 12.3. The Kier molecular flexibility index (Phi) is 3.36. The van der Waals surface area contributed by atoms with Gasteiger partial charge in [-0.3, -0.25) is 0 Å². The van der Waals surface area contributed by atoms with E-state index >= 15 is 0 Å². The summed E-state index contributed by atoms with van der Waals surface area (Å²) in [6.45, 7) is 0. The SMILES string of the molecule is NNc1cc(Oc2ccc(F)c(Cl)c2)ncn1. The molecule has 88 valence electrons. The molecule has 17 heavy (non-hydrogen) atoms. The Morgan fingerprint density at radius 3 is 2.82 bits per heavy atom. The van der Waals surface area contributed by atoms with E-state index in [-0.39, 0.29) is 10.9 Å². The summed E-state index contributed by atoms with van der Waals surface area (Å²) in [4.78, 5) is 7.69. The number of hydrazine groups is 1. The van der Waals surface area contributed by atoms with Crippen molar-refractivity contribution < 1.29 is 9.13 Å². The molecular formula is C10H8ClFN4O. The Morgan fingerprint density at radius 1 is 1.29 bits per heavy atom. The van der Waals surface area contributed by atoms with Crippen LogP contribution in [0, 0.1) is 5.82 Å². The van der Waals surface area contributed by atoms with Crippen LogP contribution in [0.25, 0.3) is 0 Å². The van der Waals surface area contributed by atoms with Crippen LogP contribution >= 0.6 is 11.6 Å². The molecule has 0 spiro atoms. The van der Waals surface area contributed by atoms with Crippen LogP contribution in [0.15, 0.2) is 30.6 Å². The summed E-state index contributed by atoms with van der Waals surface area (Å²) >= 11 is 5.62. The van der Waals surface area contributed by atoms with Crippen LogP contribution in [-0.4, -0.2) is 9.97 Å². The number of rotatable bonds is 3. The van der Waals surface area contributed by atoms with Gasteiger partial charge in [0, 0.05) is 12.1 Å². The molecule has 7 heteroatoms. The number of aromatic nitrogens is 2. The lowest BCUT2D eigenvalue weighted by Crippen LogP contribution is -2.08. The second kappa shape index (κ2) is 4.94. The number of nitrogens with zero attached hydrogens (tertiary/aromatic N) is 2. The predicted molar refractivity (Wildman–Crippen MR) is 61.3 cm³/mol. The lowest BCUT2D eigenvalue weighted by Gasteiger charge is -2.06. The standard InChI is InChI=1S/C10H8ClFN4O/c11-7-3-6(1-2-8(7)12)17-10-4-9(16-13)14-5-15-10/h1-5H,13H2,(H,14,15,16). The largest absolute Gasteiger partial charge is 0.439 e. The Balaban J connectivity index is 2.22. The first kappa shape index (κ1) is 11.6. The zero-order valence-electron chi connectivity index (χ0n) is 8.52. The van der Waals surface area contributed by atoms with Crippen molar-refractivity contribution in [1.82, 2.24) is 9.97 Å². The topological polar surface area (TPSA) is 73.1 Å². The van der Waals surface area contributed by atoms with Gasteiger partial charge in [-0.25, -0.2) is 20.2 Å². The van der Waals surface area contributed by atoms with Gasteiger partial charge in [0.2, 0.25) is 5.88 Å². The smallest absolute Gasteiger partial charge is 0.224 e. The summed E-state index contributed by atoms with van der Waals surface area (Å²) in [5.41, 5.74) is 2.36. The van der Waals surface area contributed by atoms with Crippen LogP contribution in [-0.2, 0) is 0 Å². The number of halogens is 2. The highest BCUT2D eigenvalue weighted by Crippen LogP contribution is 2.25. The molecule has 3 N–H and O–H groups in total. The molecule has 2 aromatic rings. The monoisotopic (exact) mass is 254 g/mol. The van der Waals surface area contributed by atoms with E-state index in [1.54, 1.807) is 0 Å². The van der Waals surface area contributed by atoms with Gasteiger partial charge >= 0.3 is 0 Å². The Hall–Kier alpha value is -1.92. The van der Waals surface area contributed by atoms with Gasteiger partial charge in [0.25, 0.3) is 0 Å². The van der Waals surface area contributed by atoms with Gasteiger partial charge < -0.3 is 10.2 Å². The van der Waals surface area contributed by atoms with Crippen LogP contribution < -0.4 is 16.0 Å². The molecule has 0 aliphatic carbocycles. The average molecular weight is 255 g/mol. The van der Waals surface area contributed by atoms with Gasteiger partial charge in [-0.15, -0.1) is 0 Å². The normalized spacial score (nSPS) is 10.1. The first-order valence-corrected chi connectivity index (χ1v) is 4.98. The summed E-state index contributed by atoms with van der Waals surface area (Å²) < 4.78 is 18.3. The summed E-state index contributed by atoms with van der Waals surface area (Å²) in [5, 5.41) is -0.0197. The highest BCUT2D eigenvalue weighted by molar-refractivity contribution is 6.30. The van der Waals surface area contributed by atoms with Crippen LogP contribution in [0.1, 0.15) is 0 Å². The number of anilines is 1. The third-order valence-corrected chi connectivity index (χ3v) is 2.19. The van der Waals surface area contributed by atoms with Crippen LogP contribution in [0.4, 0.5) is 10.2 Å². The summed E-state index contributed by atoms with van der Waals surface area (Å²) in [5.74, 6) is 5.73. The molecule has 1 heterocycles. The van der Waals surface area contributed by atoms with Gasteiger partial charge in [0.05, 0.1) is 5.02 Å². The average Bonchev–Trinajstić information content (AvgIpc) is 2.34. The molecule has 0 saturated carbocycles. The summed E-state index contributed by atoms with van der Waals surface area (Å²) in [6.07, 6.45) is 1.29. The Bertz CT molecular complexity index is 537. The molecule has 0 aliphatic rings. The molecule has 0 radical (unpaired) electrons. The molecule has 5 nitrogen and oxygen atoms in total. The fourth-order valence-corrected chi connectivity index (χ4v) is 1.31. The molecule has 1 aromatic heterocycles. The Morgan fingerprint density at radius 2 is 2.12 bits per heavy atom. The molecule has 0 saturated heterocycles. The van der Waals surface area contributed by atoms with Gasteiger partial charge in [0.1, 0.15) is 23.7 Å². The Labute approximate surface area is 101 Å². The number of nitrogens with one attached hydrogen (secondary N) is 1. The van der Waals surface area contributed by atoms with Gasteiger partial charge in [-0.2, -0.15) is 0 Å². The zero-order valence-corrected chi connectivity index (χ0v) is 9.28. The molecule has 0 amide bonds. The van der Waals surface area contributed by atoms with E-state index in [9.17, 15) is 4.39 Å². The highest BCUT2D eigenvalue weighted by Gasteiger charge is 2.04. The maximum absolute atomic E-state index is 12.9. The summed E-state index contributed by atoms with van der Waals surface area (Å²) in [7, 11) is 0. The summed E-state index contributed by atoms with van der Waals surface area (Å²) in [6, 6.07) is 5.51. The van der Waals surface area contributed by atoms with E-state index in [4.69, 9.17) is 22.2 Å². The second-order valence-electron chi connectivity index (χ2n) is 3.06. The molecule has 0 aliphatic heterocycles. The highest BCUT2D eigenvalue weighted by atomic mass is 35.5. The number of ether oxygens (including phenoxy) is 1.